The van der Waals surface area contributed by atoms with Gasteiger partial charge in [0.05, 0.1) is 5.56 Å². The van der Waals surface area contributed by atoms with Gasteiger partial charge in [-0.3, -0.25) is 0 Å². The van der Waals surface area contributed by atoms with Crippen LogP contribution in [0.1, 0.15) is 123 Å². The predicted octanol–water partition coefficient (Wildman–Crippen LogP) is 9.12. The maximum atomic E-state index is 13.2. The van der Waals surface area contributed by atoms with E-state index in [1.807, 2.05) is 5.57 Å². The fraction of sp³-hybridized carbons (Fsp3) is 0.694. The molecule has 5 rings (SSSR count). The molecule has 2 fully saturated rings. The van der Waals surface area contributed by atoms with Crippen LogP contribution in [0.4, 0.5) is 11.4 Å². The Morgan fingerprint density at radius 2 is 1.70 bits per heavy atom. The SMILES string of the molecule is CC(C)=CCCC(C)C1CCC2C3=C(CCC21C)C1(C)CCC(OC(=O)c2cc(N)cc(N)c2)C(C)(C)C1CC3. The standard InChI is InChI=1S/C36H54N2O2/c1-22(2)9-8-10-23(3)28-12-13-29-27-11-14-31-34(4,5)32(40-33(39)24-19-25(37)21-26(38)20-24)16-18-36(31,7)30(27)15-17-35(28,29)6/h9,19-21,23,28-29,31-32H,8,10-18,37-38H2,1-7H3. The van der Waals surface area contributed by atoms with Gasteiger partial charge in [-0.2, -0.15) is 0 Å². The van der Waals surface area contributed by atoms with Crippen molar-refractivity contribution in [3.63, 3.8) is 0 Å². The van der Waals surface area contributed by atoms with Gasteiger partial charge in [0, 0.05) is 16.8 Å². The number of nitrogen functional groups attached to an aromatic ring is 2. The largest absolute Gasteiger partial charge is 0.458 e. The van der Waals surface area contributed by atoms with Crippen molar-refractivity contribution in [3.05, 3.63) is 46.6 Å². The van der Waals surface area contributed by atoms with Crippen LogP contribution in [0.15, 0.2) is 41.0 Å². The van der Waals surface area contributed by atoms with Crippen LogP contribution in [0, 0.1) is 39.9 Å². The van der Waals surface area contributed by atoms with E-state index >= 15 is 0 Å². The summed E-state index contributed by atoms with van der Waals surface area (Å²) < 4.78 is 6.24. The number of carbonyl (C=O) groups is 1. The van der Waals surface area contributed by atoms with E-state index in [0.717, 1.165) is 30.6 Å². The Kier molecular flexibility index (Phi) is 7.72. The Morgan fingerprint density at radius 3 is 2.38 bits per heavy atom. The number of fused-ring (bicyclic) bond motifs is 4. The van der Waals surface area contributed by atoms with Gasteiger partial charge in [0.25, 0.3) is 0 Å². The lowest BCUT2D eigenvalue weighted by atomic mass is 9.45. The maximum Gasteiger partial charge on any atom is 0.338 e. The van der Waals surface area contributed by atoms with Crippen molar-refractivity contribution in [1.29, 1.82) is 0 Å². The zero-order valence-electron chi connectivity index (χ0n) is 26.2. The monoisotopic (exact) mass is 546 g/mol. The number of benzene rings is 1. The third kappa shape index (κ3) is 4.92. The van der Waals surface area contributed by atoms with Crippen LogP contribution in [-0.4, -0.2) is 12.1 Å². The molecular weight excluding hydrogens is 492 g/mol. The third-order valence-electron chi connectivity index (χ3n) is 12.3. The average molecular weight is 547 g/mol. The predicted molar refractivity (Wildman–Crippen MR) is 167 cm³/mol. The number of esters is 1. The van der Waals surface area contributed by atoms with Gasteiger partial charge in [0.15, 0.2) is 0 Å². The van der Waals surface area contributed by atoms with E-state index in [1.165, 1.54) is 56.9 Å². The van der Waals surface area contributed by atoms with Crippen LogP contribution in [0.25, 0.3) is 0 Å². The summed E-state index contributed by atoms with van der Waals surface area (Å²) in [6, 6.07) is 5.02. The molecule has 1 aromatic carbocycles. The second-order valence-corrected chi connectivity index (χ2v) is 15.2. The van der Waals surface area contributed by atoms with E-state index in [2.05, 4.69) is 54.5 Å². The van der Waals surface area contributed by atoms with Gasteiger partial charge >= 0.3 is 5.97 Å². The highest BCUT2D eigenvalue weighted by Gasteiger charge is 2.59. The van der Waals surface area contributed by atoms with Crippen LogP contribution in [0.2, 0.25) is 0 Å². The smallest absolute Gasteiger partial charge is 0.338 e. The van der Waals surface area contributed by atoms with E-state index in [-0.39, 0.29) is 22.9 Å². The van der Waals surface area contributed by atoms with Gasteiger partial charge in [0.2, 0.25) is 0 Å². The molecule has 0 spiro atoms. The van der Waals surface area contributed by atoms with Crippen LogP contribution in [-0.2, 0) is 4.74 Å². The molecule has 4 nitrogen and oxygen atoms in total. The molecule has 1 aromatic rings. The van der Waals surface area contributed by atoms with Crippen LogP contribution in [0.3, 0.4) is 0 Å². The van der Waals surface area contributed by atoms with Crippen molar-refractivity contribution in [2.45, 2.75) is 119 Å². The summed E-state index contributed by atoms with van der Waals surface area (Å²) in [5.41, 5.74) is 19.0. The Balaban J connectivity index is 1.34. The first-order valence-electron chi connectivity index (χ1n) is 16.0. The van der Waals surface area contributed by atoms with Crippen molar-refractivity contribution in [3.8, 4) is 0 Å². The molecule has 4 N–H and O–H groups in total. The fourth-order valence-corrected chi connectivity index (χ4v) is 10.3. The quantitative estimate of drug-likeness (QED) is 0.212. The van der Waals surface area contributed by atoms with Crippen LogP contribution < -0.4 is 11.5 Å². The molecule has 4 heteroatoms. The molecule has 0 saturated heterocycles. The molecule has 0 aliphatic heterocycles. The molecule has 0 aromatic heterocycles. The molecular formula is C36H54N2O2. The van der Waals surface area contributed by atoms with Gasteiger partial charge < -0.3 is 16.2 Å². The minimum atomic E-state index is -0.305. The van der Waals surface area contributed by atoms with Gasteiger partial charge in [-0.25, -0.2) is 4.79 Å². The van der Waals surface area contributed by atoms with E-state index in [0.29, 0.717) is 28.3 Å². The normalized spacial score (nSPS) is 35.3. The lowest BCUT2D eigenvalue weighted by molar-refractivity contribution is -0.101. The summed E-state index contributed by atoms with van der Waals surface area (Å²) in [6.07, 6.45) is 14.7. The third-order valence-corrected chi connectivity index (χ3v) is 12.3. The average Bonchev–Trinajstić information content (AvgIpc) is 3.22. The molecule has 7 unspecified atom stereocenters. The highest BCUT2D eigenvalue weighted by Crippen LogP contribution is 2.68. The van der Waals surface area contributed by atoms with Gasteiger partial charge in [-0.15, -0.1) is 0 Å². The molecule has 0 radical (unpaired) electrons. The number of rotatable bonds is 6. The Hall–Kier alpha value is -2.23. The van der Waals surface area contributed by atoms with Gasteiger partial charge in [-0.1, -0.05) is 57.4 Å². The first-order chi connectivity index (χ1) is 18.8. The topological polar surface area (TPSA) is 78.3 Å². The second-order valence-electron chi connectivity index (χ2n) is 15.2. The van der Waals surface area contributed by atoms with E-state index in [1.54, 1.807) is 23.8 Å². The Morgan fingerprint density at radius 1 is 1.00 bits per heavy atom. The van der Waals surface area contributed by atoms with Crippen molar-refractivity contribution >= 4 is 17.3 Å². The second kappa shape index (κ2) is 10.6. The van der Waals surface area contributed by atoms with E-state index in [9.17, 15) is 4.79 Å². The van der Waals surface area contributed by atoms with Crippen molar-refractivity contribution in [1.82, 2.24) is 0 Å². The summed E-state index contributed by atoms with van der Waals surface area (Å²) in [5.74, 6) is 2.60. The number of hydrogen-bond acceptors (Lipinski definition) is 4. The summed E-state index contributed by atoms with van der Waals surface area (Å²) in [4.78, 5) is 13.2. The highest BCUT2D eigenvalue weighted by molar-refractivity contribution is 5.91. The number of hydrogen-bond donors (Lipinski definition) is 2. The Labute approximate surface area is 243 Å². The molecule has 2 saturated carbocycles. The fourth-order valence-electron chi connectivity index (χ4n) is 10.3. The molecule has 4 aliphatic rings. The molecule has 40 heavy (non-hydrogen) atoms. The Bertz CT molecular complexity index is 1190. The van der Waals surface area contributed by atoms with E-state index in [4.69, 9.17) is 16.2 Å². The van der Waals surface area contributed by atoms with Crippen molar-refractivity contribution < 1.29 is 9.53 Å². The summed E-state index contributed by atoms with van der Waals surface area (Å²) >= 11 is 0. The molecule has 7 atom stereocenters. The first-order valence-corrected chi connectivity index (χ1v) is 16.0. The summed E-state index contributed by atoms with van der Waals surface area (Å²) in [5, 5.41) is 0. The first kappa shape index (κ1) is 29.3. The highest BCUT2D eigenvalue weighted by atomic mass is 16.5. The number of allylic oxidation sites excluding steroid dienone is 4. The number of carbonyl (C=O) groups excluding carboxylic acids is 1. The minimum absolute atomic E-state index is 0.0918. The van der Waals surface area contributed by atoms with E-state index < -0.39 is 0 Å². The maximum absolute atomic E-state index is 13.2. The molecule has 0 bridgehead atoms. The zero-order valence-corrected chi connectivity index (χ0v) is 26.2. The zero-order chi connectivity index (χ0) is 29.0. The van der Waals surface area contributed by atoms with Crippen LogP contribution >= 0.6 is 0 Å². The molecule has 0 amide bonds. The van der Waals surface area contributed by atoms with Gasteiger partial charge in [0.1, 0.15) is 6.10 Å². The summed E-state index contributed by atoms with van der Waals surface area (Å²) in [6.45, 7) is 16.9. The van der Waals surface area contributed by atoms with Crippen molar-refractivity contribution in [2.75, 3.05) is 11.5 Å². The molecule has 0 heterocycles. The lowest BCUT2D eigenvalue weighted by Gasteiger charge is -2.60. The number of nitrogens with two attached hydrogens (primary N) is 2. The van der Waals surface area contributed by atoms with Crippen molar-refractivity contribution in [2.24, 2.45) is 39.9 Å². The minimum Gasteiger partial charge on any atom is -0.458 e. The lowest BCUT2D eigenvalue weighted by Crippen LogP contribution is -2.54. The summed E-state index contributed by atoms with van der Waals surface area (Å²) in [7, 11) is 0. The van der Waals surface area contributed by atoms with Crippen LogP contribution in [0.5, 0.6) is 0 Å². The number of anilines is 2. The molecule has 220 valence electrons. The molecule has 4 aliphatic carbocycles. The number of ether oxygens (including phenoxy) is 1. The van der Waals surface area contributed by atoms with Gasteiger partial charge in [-0.05, 0) is 131 Å².